The number of nitro benzene ring substituents is 1. The Labute approximate surface area is 271 Å². The van der Waals surface area contributed by atoms with Gasteiger partial charge in [-0.2, -0.15) is 8.42 Å². The monoisotopic (exact) mass is 695 g/mol. The van der Waals surface area contributed by atoms with Gasteiger partial charge in [-0.3, -0.25) is 38.7 Å². The molecule has 0 bridgehead atoms. The van der Waals surface area contributed by atoms with Crippen LogP contribution in [0.1, 0.15) is 44.1 Å². The predicted molar refractivity (Wildman–Crippen MR) is 160 cm³/mol. The van der Waals surface area contributed by atoms with Crippen LogP contribution in [0, 0.1) is 10.1 Å². The number of β-lactam (4-membered cyclic amide) rings is 1. The topological polar surface area (TPSA) is 235 Å². The summed E-state index contributed by atoms with van der Waals surface area (Å²) in [7, 11) is -4.01. The van der Waals surface area contributed by atoms with Crippen molar-refractivity contribution in [3.63, 3.8) is 0 Å². The van der Waals surface area contributed by atoms with E-state index in [4.69, 9.17) is 18.9 Å². The van der Waals surface area contributed by atoms with Crippen molar-refractivity contribution >= 4 is 57.3 Å². The number of non-ortho nitro benzene ring substituents is 1. The fourth-order valence-corrected chi connectivity index (χ4v) is 7.84. The number of nitrogens with one attached hydrogen (secondary N) is 1. The van der Waals surface area contributed by atoms with Crippen LogP contribution < -0.4 is 14.8 Å². The van der Waals surface area contributed by atoms with Crippen LogP contribution in [0.25, 0.3) is 0 Å². The number of rotatable bonds is 11. The Bertz CT molecular complexity index is 1760. The number of benzene rings is 2. The first kappa shape index (κ1) is 35.3. The molecule has 47 heavy (non-hydrogen) atoms. The summed E-state index contributed by atoms with van der Waals surface area (Å²) < 4.78 is 54.7. The van der Waals surface area contributed by atoms with E-state index in [2.05, 4.69) is 5.32 Å². The molecule has 0 aliphatic carbocycles. The van der Waals surface area contributed by atoms with Gasteiger partial charge in [-0.15, -0.1) is 11.8 Å². The fourth-order valence-electron chi connectivity index (χ4n) is 5.31. The summed E-state index contributed by atoms with van der Waals surface area (Å²) in [4.78, 5) is 74.8. The summed E-state index contributed by atoms with van der Waals surface area (Å²) in [5.74, 6) is -5.44. The zero-order chi connectivity index (χ0) is 35.1. The Morgan fingerprint density at radius 3 is 2.19 bits per heavy atom. The van der Waals surface area contributed by atoms with Crippen LogP contribution in [0.5, 0.6) is 11.5 Å². The molecule has 2 aliphatic heterocycles. The zero-order valence-electron chi connectivity index (χ0n) is 25.4. The number of nitro groups is 1. The van der Waals surface area contributed by atoms with Crippen molar-refractivity contribution in [2.75, 3.05) is 7.11 Å². The third-order valence-corrected chi connectivity index (χ3v) is 9.99. The third-order valence-electron chi connectivity index (χ3n) is 7.31. The van der Waals surface area contributed by atoms with E-state index in [1.807, 2.05) is 0 Å². The summed E-state index contributed by atoms with van der Waals surface area (Å²) in [6.07, 6.45) is 0. The molecular formula is C28H29N3O14S2. The molecule has 2 fully saturated rings. The van der Waals surface area contributed by atoms with Gasteiger partial charge >= 0.3 is 17.9 Å². The van der Waals surface area contributed by atoms with Gasteiger partial charge in [0, 0.05) is 33.1 Å². The van der Waals surface area contributed by atoms with E-state index in [1.165, 1.54) is 31.4 Å². The number of carbonyl (C=O) groups is 5. The van der Waals surface area contributed by atoms with Crippen LogP contribution in [0.15, 0.2) is 42.5 Å². The standard InChI is InChI=1S/C28H29N3O14S2/c1-14(32)44-19-11-8-17(12-20(19)45-15(2)33)22(47(39,40)41)23(34)29-21-24(35)30-25(21)46-27(3,4)28(30,42-5)26(36)43-13-16-6-9-18(10-7-16)31(37)38/h6-12,21-22,25H,13H2,1-5H3,(H,29,34)(H,39,40,41)/t21-,22-,25+,28+/m0/s1. The minimum Gasteiger partial charge on any atom is -0.457 e. The maximum absolute atomic E-state index is 13.5. The van der Waals surface area contributed by atoms with Crippen LogP contribution in [-0.2, 0) is 50.2 Å². The Morgan fingerprint density at radius 2 is 1.66 bits per heavy atom. The van der Waals surface area contributed by atoms with Crippen LogP contribution in [0.2, 0.25) is 0 Å². The van der Waals surface area contributed by atoms with Gasteiger partial charge in [-0.1, -0.05) is 6.07 Å². The summed E-state index contributed by atoms with van der Waals surface area (Å²) in [6, 6.07) is 6.90. The van der Waals surface area contributed by atoms with E-state index >= 15 is 0 Å². The van der Waals surface area contributed by atoms with Crippen molar-refractivity contribution < 1.29 is 60.8 Å². The molecule has 2 aromatic carbocycles. The Morgan fingerprint density at radius 1 is 1.06 bits per heavy atom. The van der Waals surface area contributed by atoms with Gasteiger partial charge in [0.15, 0.2) is 16.7 Å². The lowest BCUT2D eigenvalue weighted by molar-refractivity contribution is -0.384. The van der Waals surface area contributed by atoms with Crippen LogP contribution in [0.4, 0.5) is 5.69 Å². The van der Waals surface area contributed by atoms with Gasteiger partial charge in [0.2, 0.25) is 5.91 Å². The first-order valence-electron chi connectivity index (χ1n) is 13.6. The van der Waals surface area contributed by atoms with Crippen LogP contribution in [0.3, 0.4) is 0 Å². The lowest BCUT2D eigenvalue weighted by Gasteiger charge is -2.49. The van der Waals surface area contributed by atoms with Gasteiger partial charge < -0.3 is 24.3 Å². The predicted octanol–water partition coefficient (Wildman–Crippen LogP) is 1.64. The molecule has 2 amide bonds. The number of esters is 3. The molecule has 252 valence electrons. The summed E-state index contributed by atoms with van der Waals surface area (Å²) in [6.45, 7) is 4.98. The van der Waals surface area contributed by atoms with Crippen LogP contribution in [-0.4, -0.2) is 81.5 Å². The van der Waals surface area contributed by atoms with Gasteiger partial charge in [0.25, 0.3) is 27.4 Å². The van der Waals surface area contributed by atoms with Gasteiger partial charge in [0.05, 0.1) is 9.67 Å². The van der Waals surface area contributed by atoms with Crippen molar-refractivity contribution in [1.29, 1.82) is 0 Å². The molecule has 2 aliphatic rings. The molecule has 0 aromatic heterocycles. The zero-order valence-corrected chi connectivity index (χ0v) is 27.1. The minimum absolute atomic E-state index is 0.163. The lowest BCUT2D eigenvalue weighted by atomic mass is 9.91. The average molecular weight is 696 g/mol. The first-order valence-corrected chi connectivity index (χ1v) is 16.0. The van der Waals surface area contributed by atoms with Crippen molar-refractivity contribution in [2.45, 2.75) is 61.4 Å². The molecule has 0 unspecified atom stereocenters. The lowest BCUT2D eigenvalue weighted by Crippen LogP contribution is -2.76. The van der Waals surface area contributed by atoms with E-state index in [9.17, 15) is 47.1 Å². The fraction of sp³-hybridized carbons (Fsp3) is 0.393. The maximum atomic E-state index is 13.5. The molecule has 2 heterocycles. The molecular weight excluding hydrogens is 666 g/mol. The minimum atomic E-state index is -5.20. The number of carbonyl (C=O) groups excluding carboxylic acids is 5. The van der Waals surface area contributed by atoms with E-state index < -0.39 is 77.7 Å². The largest absolute Gasteiger partial charge is 0.457 e. The summed E-state index contributed by atoms with van der Waals surface area (Å²) >= 11 is 1.06. The summed E-state index contributed by atoms with van der Waals surface area (Å²) in [5, 5.41) is 9.97. The number of hydrogen-bond acceptors (Lipinski definition) is 14. The number of fused-ring (bicyclic) bond motifs is 1. The number of ether oxygens (including phenoxy) is 4. The third kappa shape index (κ3) is 6.64. The highest BCUT2D eigenvalue weighted by atomic mass is 32.2. The van der Waals surface area contributed by atoms with Crippen LogP contribution >= 0.6 is 11.8 Å². The molecule has 0 radical (unpaired) electrons. The highest BCUT2D eigenvalue weighted by Gasteiger charge is 2.74. The smallest absolute Gasteiger partial charge is 0.361 e. The molecule has 4 atom stereocenters. The molecule has 2 N–H and O–H groups in total. The molecule has 19 heteroatoms. The van der Waals surface area contributed by atoms with Crippen molar-refractivity contribution in [1.82, 2.24) is 10.2 Å². The average Bonchev–Trinajstić information content (AvgIpc) is 3.19. The molecule has 0 saturated carbocycles. The van der Waals surface area contributed by atoms with Crippen molar-refractivity contribution in [2.24, 2.45) is 0 Å². The van der Waals surface area contributed by atoms with E-state index in [-0.39, 0.29) is 23.6 Å². The molecule has 0 spiro atoms. The summed E-state index contributed by atoms with van der Waals surface area (Å²) in [5.41, 5.74) is -2.12. The highest BCUT2D eigenvalue weighted by molar-refractivity contribution is 8.01. The Hall–Kier alpha value is -4.59. The second-order valence-corrected chi connectivity index (χ2v) is 14.1. The number of thioether (sulfide) groups is 1. The number of amides is 2. The van der Waals surface area contributed by atoms with Crippen molar-refractivity contribution in [3.05, 3.63) is 63.7 Å². The molecule has 2 saturated heterocycles. The highest BCUT2D eigenvalue weighted by Crippen LogP contribution is 2.57. The van der Waals surface area contributed by atoms with Gasteiger partial charge in [0.1, 0.15) is 18.0 Å². The SMILES string of the molecule is CO[C@@]1(C(=O)OCc2ccc([N+](=O)[O-])cc2)N2C(=O)[C@H](NC(=O)[C@H](c3ccc(OC(C)=O)c(OC(C)=O)c3)S(=O)(=O)O)[C@H]2SC1(C)C. The number of nitrogens with zero attached hydrogens (tertiary/aromatic N) is 2. The van der Waals surface area contributed by atoms with E-state index in [0.29, 0.717) is 5.56 Å². The molecule has 4 rings (SSSR count). The Balaban J connectivity index is 1.57. The molecule has 2 aromatic rings. The molecule has 17 nitrogen and oxygen atoms in total. The van der Waals surface area contributed by atoms with E-state index in [0.717, 1.165) is 48.7 Å². The second-order valence-electron chi connectivity index (χ2n) is 10.8. The second kappa shape index (κ2) is 12.9. The number of methoxy groups -OCH3 is 1. The normalized spacial score (nSPS) is 21.9. The maximum Gasteiger partial charge on any atom is 0.361 e. The first-order chi connectivity index (χ1) is 21.8. The van der Waals surface area contributed by atoms with E-state index in [1.54, 1.807) is 13.8 Å². The van der Waals surface area contributed by atoms with Crippen molar-refractivity contribution in [3.8, 4) is 11.5 Å². The van der Waals surface area contributed by atoms with Gasteiger partial charge in [-0.05, 0) is 49.2 Å². The number of hydrogen-bond donors (Lipinski definition) is 2. The quantitative estimate of drug-likeness (QED) is 0.0849. The van der Waals surface area contributed by atoms with Gasteiger partial charge in [-0.25, -0.2) is 4.79 Å². The Kier molecular flexibility index (Phi) is 9.68.